The first-order chi connectivity index (χ1) is 10.4. The zero-order valence-electron chi connectivity index (χ0n) is 12.5. The summed E-state index contributed by atoms with van der Waals surface area (Å²) in [6.45, 7) is 2.43. The van der Waals surface area contributed by atoms with E-state index in [0.29, 0.717) is 22.5 Å². The zero-order chi connectivity index (χ0) is 15.9. The third-order valence-electron chi connectivity index (χ3n) is 3.82. The number of amides is 1. The number of aromatic nitrogens is 2. The normalized spacial score (nSPS) is 15.8. The van der Waals surface area contributed by atoms with Gasteiger partial charge in [-0.25, -0.2) is 13.8 Å². The standard InChI is InChI=1S/C15H18F2N4O/c1-20(2)6-9-7-21(8-9)15(22)10-3-4-11-12(5-10)19-14(18-11)13(16)17/h3-5,9,13H,6-8H2,1-2H3,(H,18,19). The molecule has 1 N–H and O–H groups in total. The molecular weight excluding hydrogens is 290 g/mol. The third kappa shape index (κ3) is 2.81. The van der Waals surface area contributed by atoms with Gasteiger partial charge in [0.05, 0.1) is 11.0 Å². The number of imidazole rings is 1. The number of fused-ring (bicyclic) bond motifs is 1. The van der Waals surface area contributed by atoms with Crippen molar-refractivity contribution >= 4 is 16.9 Å². The van der Waals surface area contributed by atoms with Gasteiger partial charge < -0.3 is 14.8 Å². The van der Waals surface area contributed by atoms with E-state index in [1.54, 1.807) is 23.1 Å². The van der Waals surface area contributed by atoms with E-state index in [1.807, 2.05) is 14.1 Å². The maximum atomic E-state index is 12.6. The third-order valence-corrected chi connectivity index (χ3v) is 3.82. The van der Waals surface area contributed by atoms with Crippen LogP contribution in [0.15, 0.2) is 18.2 Å². The minimum atomic E-state index is -2.64. The number of aromatic amines is 1. The molecule has 0 bridgehead atoms. The van der Waals surface area contributed by atoms with Gasteiger partial charge in [-0.1, -0.05) is 0 Å². The topological polar surface area (TPSA) is 52.2 Å². The summed E-state index contributed by atoms with van der Waals surface area (Å²) in [5.41, 5.74) is 1.41. The minimum absolute atomic E-state index is 0.0647. The molecule has 1 aromatic carbocycles. The number of nitrogens with one attached hydrogen (secondary N) is 1. The number of H-pyrrole nitrogens is 1. The Bertz CT molecular complexity index is 692. The molecule has 0 spiro atoms. The first-order valence-corrected chi connectivity index (χ1v) is 7.16. The highest BCUT2D eigenvalue weighted by Crippen LogP contribution is 2.23. The van der Waals surface area contributed by atoms with E-state index >= 15 is 0 Å². The lowest BCUT2D eigenvalue weighted by Crippen LogP contribution is -2.53. The highest BCUT2D eigenvalue weighted by molar-refractivity contribution is 5.97. The van der Waals surface area contributed by atoms with Crippen molar-refractivity contribution in [3.05, 3.63) is 29.6 Å². The van der Waals surface area contributed by atoms with Crippen LogP contribution in [0.2, 0.25) is 0 Å². The Hall–Kier alpha value is -2.02. The van der Waals surface area contributed by atoms with Crippen LogP contribution in [-0.2, 0) is 0 Å². The van der Waals surface area contributed by atoms with Gasteiger partial charge in [-0.2, -0.15) is 0 Å². The van der Waals surface area contributed by atoms with Gasteiger partial charge in [0.15, 0.2) is 5.82 Å². The number of alkyl halides is 2. The van der Waals surface area contributed by atoms with Crippen LogP contribution >= 0.6 is 0 Å². The van der Waals surface area contributed by atoms with Crippen molar-refractivity contribution in [2.75, 3.05) is 33.7 Å². The molecule has 0 aliphatic carbocycles. The molecule has 118 valence electrons. The average Bonchev–Trinajstić information content (AvgIpc) is 2.84. The van der Waals surface area contributed by atoms with E-state index in [2.05, 4.69) is 14.9 Å². The first-order valence-electron chi connectivity index (χ1n) is 7.16. The number of halogens is 2. The minimum Gasteiger partial charge on any atom is -0.338 e. The second-order valence-corrected chi connectivity index (χ2v) is 5.99. The van der Waals surface area contributed by atoms with Crippen LogP contribution in [0.1, 0.15) is 22.6 Å². The van der Waals surface area contributed by atoms with Gasteiger partial charge in [-0.3, -0.25) is 4.79 Å². The molecule has 1 fully saturated rings. The van der Waals surface area contributed by atoms with Crippen molar-refractivity contribution in [2.45, 2.75) is 6.43 Å². The predicted molar refractivity (Wildman–Crippen MR) is 79.0 cm³/mol. The fourth-order valence-electron chi connectivity index (χ4n) is 2.82. The lowest BCUT2D eigenvalue weighted by atomic mass is 9.98. The second kappa shape index (κ2) is 5.64. The smallest absolute Gasteiger partial charge is 0.295 e. The molecule has 1 aliphatic rings. The molecule has 7 heteroatoms. The average molecular weight is 308 g/mol. The van der Waals surface area contributed by atoms with E-state index in [0.717, 1.165) is 19.6 Å². The lowest BCUT2D eigenvalue weighted by Gasteiger charge is -2.40. The van der Waals surface area contributed by atoms with Gasteiger partial charge >= 0.3 is 0 Å². The molecule has 2 heterocycles. The van der Waals surface area contributed by atoms with E-state index in [4.69, 9.17) is 0 Å². The Labute approximate surface area is 126 Å². The molecule has 1 saturated heterocycles. The lowest BCUT2D eigenvalue weighted by molar-refractivity contribution is 0.0450. The predicted octanol–water partition coefficient (Wildman–Crippen LogP) is 2.13. The fourth-order valence-corrected chi connectivity index (χ4v) is 2.82. The van der Waals surface area contributed by atoms with E-state index < -0.39 is 6.43 Å². The number of nitrogens with zero attached hydrogens (tertiary/aromatic N) is 3. The molecule has 22 heavy (non-hydrogen) atoms. The molecule has 0 unspecified atom stereocenters. The zero-order valence-corrected chi connectivity index (χ0v) is 12.5. The van der Waals surface area contributed by atoms with Crippen molar-refractivity contribution in [3.8, 4) is 0 Å². The van der Waals surface area contributed by atoms with Crippen molar-refractivity contribution in [1.82, 2.24) is 19.8 Å². The van der Waals surface area contributed by atoms with Crippen molar-refractivity contribution in [1.29, 1.82) is 0 Å². The van der Waals surface area contributed by atoms with Crippen LogP contribution in [0.5, 0.6) is 0 Å². The summed E-state index contributed by atoms with van der Waals surface area (Å²) >= 11 is 0. The first kappa shape index (κ1) is 14.9. The molecule has 1 aliphatic heterocycles. The molecule has 0 radical (unpaired) electrons. The Balaban J connectivity index is 1.72. The molecule has 2 aromatic rings. The number of hydrogen-bond acceptors (Lipinski definition) is 3. The second-order valence-electron chi connectivity index (χ2n) is 5.99. The molecule has 0 atom stereocenters. The number of hydrogen-bond donors (Lipinski definition) is 1. The summed E-state index contributed by atoms with van der Waals surface area (Å²) in [6.07, 6.45) is -2.64. The van der Waals surface area contributed by atoms with E-state index in [1.165, 1.54) is 0 Å². The number of carbonyl (C=O) groups is 1. The van der Waals surface area contributed by atoms with Crippen molar-refractivity contribution < 1.29 is 13.6 Å². The summed E-state index contributed by atoms with van der Waals surface area (Å²) in [6, 6.07) is 4.83. The Morgan fingerprint density at radius 2 is 2.18 bits per heavy atom. The van der Waals surface area contributed by atoms with Crippen LogP contribution in [0.25, 0.3) is 11.0 Å². The Morgan fingerprint density at radius 1 is 1.45 bits per heavy atom. The van der Waals surface area contributed by atoms with Crippen LogP contribution in [0, 0.1) is 5.92 Å². The molecule has 0 saturated carbocycles. The summed E-state index contributed by atoms with van der Waals surface area (Å²) in [7, 11) is 4.02. The molecule has 1 aromatic heterocycles. The van der Waals surface area contributed by atoms with Gasteiger partial charge in [0.1, 0.15) is 0 Å². The van der Waals surface area contributed by atoms with Crippen molar-refractivity contribution in [2.24, 2.45) is 5.92 Å². The van der Waals surface area contributed by atoms with Crippen LogP contribution in [0.3, 0.4) is 0 Å². The van der Waals surface area contributed by atoms with Crippen LogP contribution in [0.4, 0.5) is 8.78 Å². The number of rotatable bonds is 4. The molecule has 1 amide bonds. The Kier molecular flexibility index (Phi) is 3.82. The van der Waals surface area contributed by atoms with Crippen LogP contribution < -0.4 is 0 Å². The SMILES string of the molecule is CN(C)CC1CN(C(=O)c2ccc3nc(C(F)F)[nH]c3c2)C1. The quantitative estimate of drug-likeness (QED) is 0.941. The monoisotopic (exact) mass is 308 g/mol. The number of carbonyl (C=O) groups excluding carboxylic acids is 1. The van der Waals surface area contributed by atoms with E-state index in [9.17, 15) is 13.6 Å². The van der Waals surface area contributed by atoms with Gasteiger partial charge in [-0.05, 0) is 32.3 Å². The maximum Gasteiger partial charge on any atom is 0.295 e. The summed E-state index contributed by atoms with van der Waals surface area (Å²) in [4.78, 5) is 22.6. The largest absolute Gasteiger partial charge is 0.338 e. The highest BCUT2D eigenvalue weighted by atomic mass is 19.3. The van der Waals surface area contributed by atoms with Gasteiger partial charge in [0.25, 0.3) is 12.3 Å². The van der Waals surface area contributed by atoms with Gasteiger partial charge in [0, 0.05) is 31.1 Å². The van der Waals surface area contributed by atoms with E-state index in [-0.39, 0.29) is 11.7 Å². The maximum absolute atomic E-state index is 12.6. The highest BCUT2D eigenvalue weighted by Gasteiger charge is 2.31. The van der Waals surface area contributed by atoms with Crippen LogP contribution in [-0.4, -0.2) is 59.4 Å². The van der Waals surface area contributed by atoms with Crippen molar-refractivity contribution in [3.63, 3.8) is 0 Å². The summed E-state index contributed by atoms with van der Waals surface area (Å²) in [5, 5.41) is 0. The summed E-state index contributed by atoms with van der Waals surface area (Å²) < 4.78 is 25.3. The molecule has 5 nitrogen and oxygen atoms in total. The fraction of sp³-hybridized carbons (Fsp3) is 0.467. The number of benzene rings is 1. The van der Waals surface area contributed by atoms with Gasteiger partial charge in [-0.15, -0.1) is 0 Å². The molecular formula is C15H18F2N4O. The van der Waals surface area contributed by atoms with Gasteiger partial charge in [0.2, 0.25) is 0 Å². The molecule has 3 rings (SSSR count). The summed E-state index contributed by atoms with van der Waals surface area (Å²) in [5.74, 6) is 0.0694. The Morgan fingerprint density at radius 3 is 2.82 bits per heavy atom. The number of likely N-dealkylation sites (tertiary alicyclic amines) is 1.